The Labute approximate surface area is 398 Å². The standard InChI is InChI=1S/C28H35N3O7S.C20H29N3O5S/c1-28(2,3)37-27(33)31-15-14-24(38-39(4,34)35)25(31)22(21-16-29-23-13-9-8-12-20(21)23)17-30-26(32)36-18-19-10-6-5-7-11-19;1-20(2,3)27-19(24)23-10-9-17(28-29(4,25)26)18(23)14(11-21)15-12-22-16-8-6-5-7-13(15)16/h5-13,16,22,24-25,29H,14-15,17-18H2,1-4H3,(H,30,32);5-8,12,14,17-18,22H,9-11,21H2,1-4H3/t22-,24-,25+;14-,17-,18+/m00/s1. The molecule has 7 rings (SSSR count). The third-order valence-corrected chi connectivity index (χ3v) is 12.6. The number of amides is 3. The zero-order chi connectivity index (χ0) is 49.6. The normalized spacial score (nSPS) is 19.8. The summed E-state index contributed by atoms with van der Waals surface area (Å²) in [6.07, 6.45) is 3.11. The van der Waals surface area contributed by atoms with Gasteiger partial charge in [-0.25, -0.2) is 14.4 Å². The third-order valence-electron chi connectivity index (χ3n) is 11.4. The summed E-state index contributed by atoms with van der Waals surface area (Å²) in [5.41, 5.74) is 9.11. The van der Waals surface area contributed by atoms with Gasteiger partial charge in [0.1, 0.15) is 17.8 Å². The van der Waals surface area contributed by atoms with E-state index in [0.717, 1.165) is 51.0 Å². The number of hydrogen-bond acceptors (Lipinski definition) is 13. The van der Waals surface area contributed by atoms with E-state index in [9.17, 15) is 31.2 Å². The highest BCUT2D eigenvalue weighted by atomic mass is 32.2. The number of para-hydroxylation sites is 2. The first-order valence-corrected chi connectivity index (χ1v) is 26.1. The van der Waals surface area contributed by atoms with Crippen LogP contribution in [0.2, 0.25) is 0 Å². The summed E-state index contributed by atoms with van der Waals surface area (Å²) in [5.74, 6) is -0.875. The number of aromatic nitrogens is 2. The monoisotopic (exact) mass is 980 g/mol. The van der Waals surface area contributed by atoms with Crippen molar-refractivity contribution >= 4 is 60.3 Å². The predicted octanol–water partition coefficient (Wildman–Crippen LogP) is 7.10. The highest BCUT2D eigenvalue weighted by molar-refractivity contribution is 7.86. The quantitative estimate of drug-likeness (QED) is 0.0681. The zero-order valence-electron chi connectivity index (χ0n) is 39.8. The largest absolute Gasteiger partial charge is 0.445 e. The smallest absolute Gasteiger partial charge is 0.410 e. The summed E-state index contributed by atoms with van der Waals surface area (Å²) >= 11 is 0. The Morgan fingerprint density at radius 1 is 0.676 bits per heavy atom. The number of nitrogens with zero attached hydrogens (tertiary/aromatic N) is 2. The van der Waals surface area contributed by atoms with Crippen LogP contribution in [0.3, 0.4) is 0 Å². The molecule has 0 spiro atoms. The number of hydrogen-bond donors (Lipinski definition) is 4. The van der Waals surface area contributed by atoms with Crippen LogP contribution in [-0.4, -0.2) is 129 Å². The molecule has 6 atom stereocenters. The molecule has 4 heterocycles. The number of H-pyrrole nitrogens is 2. The number of ether oxygens (including phenoxy) is 3. The highest BCUT2D eigenvalue weighted by Crippen LogP contribution is 2.39. The molecule has 20 heteroatoms. The van der Waals surface area contributed by atoms with Gasteiger partial charge < -0.3 is 45.0 Å². The van der Waals surface area contributed by atoms with Crippen LogP contribution in [0, 0.1) is 0 Å². The van der Waals surface area contributed by atoms with Crippen molar-refractivity contribution in [2.24, 2.45) is 5.73 Å². The summed E-state index contributed by atoms with van der Waals surface area (Å²) in [6.45, 7) is 11.6. The van der Waals surface area contributed by atoms with E-state index in [1.807, 2.05) is 91.3 Å². The third kappa shape index (κ3) is 13.7. The van der Waals surface area contributed by atoms with E-state index >= 15 is 0 Å². The number of nitrogens with one attached hydrogen (secondary N) is 3. The molecule has 3 amide bonds. The summed E-state index contributed by atoms with van der Waals surface area (Å²) in [7, 11) is -7.54. The molecular formula is C48H64N6O12S2. The van der Waals surface area contributed by atoms with Crippen LogP contribution in [0.15, 0.2) is 91.3 Å². The van der Waals surface area contributed by atoms with Crippen molar-refractivity contribution in [3.05, 3.63) is 108 Å². The van der Waals surface area contributed by atoms with Gasteiger partial charge in [0, 0.05) is 72.2 Å². The molecule has 2 fully saturated rings. The molecule has 5 aromatic rings. The van der Waals surface area contributed by atoms with Crippen molar-refractivity contribution in [3.8, 4) is 0 Å². The van der Waals surface area contributed by atoms with E-state index in [4.69, 9.17) is 28.3 Å². The average molecular weight is 981 g/mol. The van der Waals surface area contributed by atoms with Gasteiger partial charge in [0.25, 0.3) is 20.2 Å². The number of nitrogens with two attached hydrogens (primary N) is 1. The van der Waals surface area contributed by atoms with Gasteiger partial charge in [-0.1, -0.05) is 66.7 Å². The molecule has 2 aromatic heterocycles. The molecule has 0 aliphatic carbocycles. The Balaban J connectivity index is 0.000000234. The lowest BCUT2D eigenvalue weighted by molar-refractivity contribution is 0.0135. The Bertz CT molecular complexity index is 2750. The maximum Gasteiger partial charge on any atom is 0.410 e. The molecule has 2 saturated heterocycles. The summed E-state index contributed by atoms with van der Waals surface area (Å²) < 4.78 is 75.6. The number of carbonyl (C=O) groups is 3. The molecule has 68 heavy (non-hydrogen) atoms. The van der Waals surface area contributed by atoms with Crippen LogP contribution in [-0.2, 0) is 49.4 Å². The van der Waals surface area contributed by atoms with Crippen molar-refractivity contribution in [2.45, 2.75) is 108 Å². The zero-order valence-corrected chi connectivity index (χ0v) is 41.4. The second-order valence-electron chi connectivity index (χ2n) is 19.1. The van der Waals surface area contributed by atoms with E-state index in [1.54, 1.807) is 46.4 Å². The summed E-state index contributed by atoms with van der Waals surface area (Å²) in [4.78, 5) is 48.4. The topological polar surface area (TPSA) is 242 Å². The second kappa shape index (κ2) is 21.3. The summed E-state index contributed by atoms with van der Waals surface area (Å²) in [6, 6.07) is 23.4. The van der Waals surface area contributed by atoms with Gasteiger partial charge in [-0.2, -0.15) is 16.8 Å². The minimum Gasteiger partial charge on any atom is -0.445 e. The summed E-state index contributed by atoms with van der Waals surface area (Å²) in [5, 5.41) is 4.68. The van der Waals surface area contributed by atoms with Crippen molar-refractivity contribution in [1.29, 1.82) is 0 Å². The van der Waals surface area contributed by atoms with Crippen molar-refractivity contribution in [2.75, 3.05) is 38.7 Å². The van der Waals surface area contributed by atoms with Crippen LogP contribution < -0.4 is 11.1 Å². The van der Waals surface area contributed by atoms with Crippen molar-refractivity contribution in [3.63, 3.8) is 0 Å². The number of alkyl carbamates (subject to hydrolysis) is 1. The molecule has 0 unspecified atom stereocenters. The number of likely N-dealkylation sites (tertiary alicyclic amines) is 2. The van der Waals surface area contributed by atoms with Crippen LogP contribution in [0.25, 0.3) is 21.8 Å². The fourth-order valence-electron chi connectivity index (χ4n) is 8.89. The Kier molecular flexibility index (Phi) is 16.2. The van der Waals surface area contributed by atoms with Gasteiger partial charge in [-0.15, -0.1) is 0 Å². The fraction of sp³-hybridized carbons (Fsp3) is 0.479. The van der Waals surface area contributed by atoms with Crippen LogP contribution in [0.5, 0.6) is 0 Å². The number of fused-ring (bicyclic) bond motifs is 2. The molecule has 5 N–H and O–H groups in total. The van der Waals surface area contributed by atoms with Gasteiger partial charge in [0.15, 0.2) is 0 Å². The highest BCUT2D eigenvalue weighted by Gasteiger charge is 2.48. The van der Waals surface area contributed by atoms with E-state index in [2.05, 4.69) is 15.3 Å². The average Bonchev–Trinajstić information content (AvgIpc) is 4.06. The van der Waals surface area contributed by atoms with E-state index in [0.29, 0.717) is 13.0 Å². The van der Waals surface area contributed by atoms with Gasteiger partial charge in [-0.05, 0) is 83.2 Å². The van der Waals surface area contributed by atoms with Crippen LogP contribution in [0.1, 0.15) is 82.9 Å². The Morgan fingerprint density at radius 2 is 1.10 bits per heavy atom. The lowest BCUT2D eigenvalue weighted by Gasteiger charge is -2.35. The number of carbonyl (C=O) groups excluding carboxylic acids is 3. The minimum atomic E-state index is -3.84. The van der Waals surface area contributed by atoms with Gasteiger partial charge in [0.2, 0.25) is 0 Å². The number of benzene rings is 3. The maximum atomic E-state index is 13.3. The lowest BCUT2D eigenvalue weighted by atomic mass is 9.88. The lowest BCUT2D eigenvalue weighted by Crippen LogP contribution is -2.49. The van der Waals surface area contributed by atoms with Gasteiger partial charge in [0.05, 0.1) is 36.8 Å². The van der Waals surface area contributed by atoms with Gasteiger partial charge >= 0.3 is 18.3 Å². The molecule has 0 bridgehead atoms. The first kappa shape index (κ1) is 51.7. The molecule has 2 aliphatic heterocycles. The first-order valence-electron chi connectivity index (χ1n) is 22.4. The molecule has 3 aromatic carbocycles. The Morgan fingerprint density at radius 3 is 1.54 bits per heavy atom. The molecule has 0 radical (unpaired) electrons. The molecule has 18 nitrogen and oxygen atoms in total. The molecular weight excluding hydrogens is 917 g/mol. The van der Waals surface area contributed by atoms with E-state index < -0.39 is 79.9 Å². The minimum absolute atomic E-state index is 0.0586. The van der Waals surface area contributed by atoms with Gasteiger partial charge in [-0.3, -0.25) is 8.37 Å². The first-order chi connectivity index (χ1) is 31.9. The van der Waals surface area contributed by atoms with E-state index in [1.165, 1.54) is 4.90 Å². The number of aromatic amines is 2. The van der Waals surface area contributed by atoms with Crippen molar-refractivity contribution < 1.29 is 53.8 Å². The van der Waals surface area contributed by atoms with E-state index in [-0.39, 0.29) is 38.6 Å². The van der Waals surface area contributed by atoms with Crippen molar-refractivity contribution in [1.82, 2.24) is 25.1 Å². The molecule has 2 aliphatic rings. The second-order valence-corrected chi connectivity index (χ2v) is 22.3. The van der Waals surface area contributed by atoms with Crippen LogP contribution in [0.4, 0.5) is 14.4 Å². The fourth-order valence-corrected chi connectivity index (χ4v) is 10.2. The molecule has 0 saturated carbocycles. The van der Waals surface area contributed by atoms with Crippen LogP contribution >= 0.6 is 0 Å². The maximum absolute atomic E-state index is 13.3. The Hall–Kier alpha value is -5.67. The number of rotatable bonds is 13. The predicted molar refractivity (Wildman–Crippen MR) is 258 cm³/mol. The SMILES string of the molecule is CC(C)(C)OC(=O)N1CC[C@H](OS(C)(=O)=O)[C@H]1[C@@H](CN)c1c[nH]c2ccccc12.CC(C)(C)OC(=O)N1CC[C@H](OS(C)(=O)=O)[C@H]1[C@@H](CNC(=O)OCc1ccccc1)c1c[nH]c2ccccc12. The molecule has 370 valence electrons.